The second-order valence-corrected chi connectivity index (χ2v) is 14.3. The molecule has 3 aromatic carbocycles. The fourth-order valence-electron chi connectivity index (χ4n) is 5.07. The van der Waals surface area contributed by atoms with Gasteiger partial charge in [0.05, 0.1) is 6.67 Å². The number of nitrogens with zero attached hydrogens (tertiary/aromatic N) is 5. The van der Waals surface area contributed by atoms with Crippen LogP contribution < -0.4 is 20.2 Å². The van der Waals surface area contributed by atoms with Crippen LogP contribution in [0.4, 0.5) is 17.3 Å². The lowest BCUT2D eigenvalue weighted by Gasteiger charge is -2.26. The van der Waals surface area contributed by atoms with Gasteiger partial charge in [-0.2, -0.15) is 0 Å². The van der Waals surface area contributed by atoms with E-state index < -0.39 is 8.07 Å². The van der Waals surface area contributed by atoms with Crippen molar-refractivity contribution < 1.29 is 0 Å². The zero-order chi connectivity index (χ0) is 24.0. The molecule has 6 heteroatoms. The van der Waals surface area contributed by atoms with Crippen LogP contribution in [0.3, 0.4) is 0 Å². The third kappa shape index (κ3) is 3.80. The van der Waals surface area contributed by atoms with Gasteiger partial charge in [0, 0.05) is 43.4 Å². The molecule has 3 heterocycles. The minimum absolute atomic E-state index is 0.756. The third-order valence-electron chi connectivity index (χ3n) is 7.20. The Hall–Kier alpha value is -3.90. The fourth-order valence-corrected chi connectivity index (χ4v) is 7.44. The lowest BCUT2D eigenvalue weighted by Crippen LogP contribution is -2.52. The van der Waals surface area contributed by atoms with Crippen LogP contribution in [0.2, 0.25) is 13.1 Å². The van der Waals surface area contributed by atoms with Gasteiger partial charge in [-0.05, 0) is 35.2 Å². The zero-order valence-electron chi connectivity index (χ0n) is 20.4. The molecule has 5 aromatic rings. The Bertz CT molecular complexity index is 1510. The molecule has 174 valence electrons. The van der Waals surface area contributed by atoms with E-state index >= 15 is 0 Å². The fraction of sp³-hybridized carbons (Fsp3) is 0.172. The van der Waals surface area contributed by atoms with Crippen LogP contribution in [0.5, 0.6) is 0 Å². The van der Waals surface area contributed by atoms with Crippen LogP contribution in [-0.4, -0.2) is 36.3 Å². The average molecular weight is 476 g/mol. The molecule has 5 nitrogen and oxygen atoms in total. The first-order valence-corrected chi connectivity index (χ1v) is 15.0. The number of fused-ring (bicyclic) bond motifs is 2. The van der Waals surface area contributed by atoms with Crippen LogP contribution in [0.1, 0.15) is 5.56 Å². The number of hydrogen-bond acceptors (Lipinski definition) is 4. The van der Waals surface area contributed by atoms with Crippen molar-refractivity contribution >= 4 is 46.7 Å². The van der Waals surface area contributed by atoms with Gasteiger partial charge in [0.1, 0.15) is 8.07 Å². The van der Waals surface area contributed by atoms with E-state index in [1.165, 1.54) is 32.5 Å². The largest absolute Gasteiger partial charge is 0.343 e. The summed E-state index contributed by atoms with van der Waals surface area (Å²) in [6.07, 6.45) is 5.74. The van der Waals surface area contributed by atoms with Gasteiger partial charge in [-0.1, -0.05) is 78.1 Å². The standard InChI is InChI=1S/C29H29N5Si/c1-32-21-34(29-28(32)30-15-16-31-29)24-10-7-11-25(19-24)35(2,3)26-12-13-27-23(18-26)14-17-33(27)20-22-8-5-4-6-9-22/h4-19H,20-21H2,1-3H3. The van der Waals surface area contributed by atoms with Crippen LogP contribution >= 0.6 is 0 Å². The Balaban J connectivity index is 1.32. The zero-order valence-corrected chi connectivity index (χ0v) is 21.4. The van der Waals surface area contributed by atoms with Crippen LogP contribution in [0.25, 0.3) is 10.9 Å². The van der Waals surface area contributed by atoms with E-state index in [1.54, 1.807) is 12.4 Å². The van der Waals surface area contributed by atoms with E-state index in [-0.39, 0.29) is 0 Å². The van der Waals surface area contributed by atoms with Gasteiger partial charge in [-0.25, -0.2) is 9.97 Å². The molecule has 0 fully saturated rings. The van der Waals surface area contributed by atoms with Crippen LogP contribution in [0, 0.1) is 0 Å². The molecule has 0 aliphatic carbocycles. The van der Waals surface area contributed by atoms with Gasteiger partial charge >= 0.3 is 0 Å². The van der Waals surface area contributed by atoms with E-state index in [2.05, 4.69) is 130 Å². The molecule has 0 atom stereocenters. The van der Waals surface area contributed by atoms with Crippen LogP contribution in [-0.2, 0) is 6.54 Å². The van der Waals surface area contributed by atoms with E-state index in [9.17, 15) is 0 Å². The third-order valence-corrected chi connectivity index (χ3v) is 10.7. The van der Waals surface area contributed by atoms with Crippen molar-refractivity contribution in [2.24, 2.45) is 0 Å². The highest BCUT2D eigenvalue weighted by Crippen LogP contribution is 2.35. The van der Waals surface area contributed by atoms with Crippen molar-refractivity contribution in [3.63, 3.8) is 0 Å². The highest BCUT2D eigenvalue weighted by Gasteiger charge is 2.30. The molecule has 0 saturated heterocycles. The van der Waals surface area contributed by atoms with Crippen molar-refractivity contribution in [1.82, 2.24) is 14.5 Å². The summed E-state index contributed by atoms with van der Waals surface area (Å²) >= 11 is 0. The van der Waals surface area contributed by atoms with E-state index in [1.807, 2.05) is 0 Å². The summed E-state index contributed by atoms with van der Waals surface area (Å²) in [6, 6.07) is 28.9. The molecule has 0 spiro atoms. The summed E-state index contributed by atoms with van der Waals surface area (Å²) in [6.45, 7) is 6.53. The molecular formula is C29H29N5Si. The van der Waals surface area contributed by atoms with Crippen LogP contribution in [0.15, 0.2) is 97.5 Å². The maximum absolute atomic E-state index is 4.61. The molecule has 1 aliphatic heterocycles. The summed E-state index contributed by atoms with van der Waals surface area (Å²) in [4.78, 5) is 13.5. The second kappa shape index (κ2) is 8.39. The van der Waals surface area contributed by atoms with Gasteiger partial charge < -0.3 is 14.4 Å². The van der Waals surface area contributed by atoms with Crippen molar-refractivity contribution in [3.8, 4) is 0 Å². The van der Waals surface area contributed by atoms with Gasteiger partial charge in [0.15, 0.2) is 11.6 Å². The van der Waals surface area contributed by atoms with E-state index in [0.29, 0.717) is 0 Å². The van der Waals surface area contributed by atoms with Crippen molar-refractivity contribution in [2.45, 2.75) is 19.6 Å². The number of anilines is 3. The molecule has 35 heavy (non-hydrogen) atoms. The van der Waals surface area contributed by atoms with Gasteiger partial charge in [-0.3, -0.25) is 0 Å². The Morgan fingerprint density at radius 3 is 2.40 bits per heavy atom. The first-order valence-electron chi connectivity index (χ1n) is 12.0. The minimum Gasteiger partial charge on any atom is -0.343 e. The van der Waals surface area contributed by atoms with Crippen molar-refractivity contribution in [3.05, 3.63) is 103 Å². The topological polar surface area (TPSA) is 37.2 Å². The predicted octanol–water partition coefficient (Wildman–Crippen LogP) is 4.85. The number of benzene rings is 3. The summed E-state index contributed by atoms with van der Waals surface area (Å²) in [7, 11) is 0.151. The summed E-state index contributed by atoms with van der Waals surface area (Å²) in [5, 5.41) is 4.16. The van der Waals surface area contributed by atoms with Gasteiger partial charge in [0.2, 0.25) is 0 Å². The lowest BCUT2D eigenvalue weighted by atomic mass is 10.2. The Kier molecular flexibility index (Phi) is 5.18. The minimum atomic E-state index is -1.91. The summed E-state index contributed by atoms with van der Waals surface area (Å²) in [5.74, 6) is 1.85. The summed E-state index contributed by atoms with van der Waals surface area (Å²) < 4.78 is 2.34. The maximum Gasteiger partial charge on any atom is 0.178 e. The highest BCUT2D eigenvalue weighted by molar-refractivity contribution is 7.00. The lowest BCUT2D eigenvalue weighted by molar-refractivity contribution is 0.837. The SMILES string of the molecule is CN1CN(c2cccc([Si](C)(C)c3ccc4c(ccn4Cc4ccccc4)c3)c2)c2nccnc21. The number of rotatable bonds is 5. The number of hydrogen-bond donors (Lipinski definition) is 0. The smallest absolute Gasteiger partial charge is 0.178 e. The molecule has 0 unspecified atom stereocenters. The quantitative estimate of drug-likeness (QED) is 0.341. The Morgan fingerprint density at radius 1 is 0.800 bits per heavy atom. The molecule has 2 aromatic heterocycles. The molecule has 0 amide bonds. The molecule has 0 N–H and O–H groups in total. The Morgan fingerprint density at radius 2 is 1.57 bits per heavy atom. The molecule has 0 bridgehead atoms. The molecular weight excluding hydrogens is 446 g/mol. The first-order chi connectivity index (χ1) is 17.0. The monoisotopic (exact) mass is 475 g/mol. The van der Waals surface area contributed by atoms with E-state index in [0.717, 1.165) is 24.8 Å². The molecule has 0 radical (unpaired) electrons. The normalized spacial score (nSPS) is 13.5. The molecule has 6 rings (SSSR count). The number of aromatic nitrogens is 3. The summed E-state index contributed by atoms with van der Waals surface area (Å²) in [5.41, 5.74) is 3.77. The van der Waals surface area contributed by atoms with E-state index in [4.69, 9.17) is 0 Å². The Labute approximate surface area is 207 Å². The molecule has 0 saturated carbocycles. The second-order valence-electron chi connectivity index (χ2n) is 9.85. The average Bonchev–Trinajstić information content (AvgIpc) is 3.45. The van der Waals surface area contributed by atoms with Gasteiger partial charge in [0.25, 0.3) is 0 Å². The first kappa shape index (κ1) is 21.6. The highest BCUT2D eigenvalue weighted by atomic mass is 28.3. The van der Waals surface area contributed by atoms with Crippen molar-refractivity contribution in [1.29, 1.82) is 0 Å². The molecule has 1 aliphatic rings. The van der Waals surface area contributed by atoms with Crippen molar-refractivity contribution in [2.75, 3.05) is 23.5 Å². The van der Waals surface area contributed by atoms with Gasteiger partial charge in [-0.15, -0.1) is 0 Å². The maximum atomic E-state index is 4.61. The predicted molar refractivity (Wildman–Crippen MR) is 148 cm³/mol.